The molecule has 2 aromatic rings. The zero-order valence-electron chi connectivity index (χ0n) is 11.9. The van der Waals surface area contributed by atoms with Gasteiger partial charge in [0.05, 0.1) is 17.7 Å². The molecule has 7 heteroatoms. The number of imide groups is 1. The maximum Gasteiger partial charge on any atom is 0.259 e. The number of carbonyl (C=O) groups is 3. The molecule has 0 atom stereocenters. The van der Waals surface area contributed by atoms with Crippen molar-refractivity contribution >= 4 is 29.1 Å². The molecule has 0 unspecified atom stereocenters. The van der Waals surface area contributed by atoms with E-state index in [0.29, 0.717) is 11.4 Å². The Morgan fingerprint density at radius 3 is 2.57 bits per heavy atom. The van der Waals surface area contributed by atoms with Gasteiger partial charge < -0.3 is 10.6 Å². The van der Waals surface area contributed by atoms with E-state index in [1.54, 1.807) is 6.07 Å². The topological polar surface area (TPSA) is 87.3 Å². The van der Waals surface area contributed by atoms with Crippen molar-refractivity contribution in [1.29, 1.82) is 0 Å². The van der Waals surface area contributed by atoms with Crippen LogP contribution in [0.15, 0.2) is 42.5 Å². The minimum absolute atomic E-state index is 0.0638. The number of rotatable bonds is 4. The zero-order valence-corrected chi connectivity index (χ0v) is 11.9. The van der Waals surface area contributed by atoms with Crippen molar-refractivity contribution in [2.45, 2.75) is 0 Å². The summed E-state index contributed by atoms with van der Waals surface area (Å²) >= 11 is 0. The van der Waals surface area contributed by atoms with E-state index in [1.807, 2.05) is 0 Å². The predicted octanol–water partition coefficient (Wildman–Crippen LogP) is 1.76. The molecular weight excluding hydrogens is 301 g/mol. The van der Waals surface area contributed by atoms with Crippen LogP contribution >= 0.6 is 0 Å². The summed E-state index contributed by atoms with van der Waals surface area (Å²) in [5, 5.41) is 7.57. The molecule has 0 fully saturated rings. The van der Waals surface area contributed by atoms with Crippen LogP contribution in [-0.4, -0.2) is 24.3 Å². The van der Waals surface area contributed by atoms with Gasteiger partial charge in [0, 0.05) is 11.4 Å². The zero-order chi connectivity index (χ0) is 16.4. The van der Waals surface area contributed by atoms with Gasteiger partial charge in [-0.1, -0.05) is 6.07 Å². The van der Waals surface area contributed by atoms with Gasteiger partial charge in [-0.2, -0.15) is 0 Å². The Labute approximate surface area is 130 Å². The van der Waals surface area contributed by atoms with Crippen LogP contribution in [-0.2, 0) is 4.79 Å². The fraction of sp³-hybridized carbons (Fsp3) is 0.0625. The second-order valence-electron chi connectivity index (χ2n) is 4.96. The first-order valence-electron chi connectivity index (χ1n) is 6.82. The summed E-state index contributed by atoms with van der Waals surface area (Å²) in [5.74, 6) is -1.70. The van der Waals surface area contributed by atoms with Crippen molar-refractivity contribution in [2.24, 2.45) is 0 Å². The lowest BCUT2D eigenvalue weighted by molar-refractivity contribution is -0.114. The maximum atomic E-state index is 13.0. The molecule has 23 heavy (non-hydrogen) atoms. The van der Waals surface area contributed by atoms with Crippen LogP contribution in [0, 0.1) is 5.82 Å². The number of amides is 3. The summed E-state index contributed by atoms with van der Waals surface area (Å²) in [4.78, 5) is 34.9. The molecule has 2 aromatic carbocycles. The molecule has 3 amide bonds. The molecule has 1 aliphatic rings. The number of hydrogen-bond donors (Lipinski definition) is 3. The molecule has 1 heterocycles. The SMILES string of the molecule is O=C(CNc1cccc(F)c1)Nc1ccc2c(c1)C(=O)NC2=O. The van der Waals surface area contributed by atoms with Gasteiger partial charge in [0.15, 0.2) is 0 Å². The second-order valence-corrected chi connectivity index (χ2v) is 4.96. The molecule has 0 spiro atoms. The van der Waals surface area contributed by atoms with Crippen LogP contribution in [0.25, 0.3) is 0 Å². The molecular formula is C16H12FN3O3. The number of hydrogen-bond acceptors (Lipinski definition) is 4. The number of halogens is 1. The van der Waals surface area contributed by atoms with Crippen LogP contribution in [0.3, 0.4) is 0 Å². The van der Waals surface area contributed by atoms with E-state index in [2.05, 4.69) is 16.0 Å². The van der Waals surface area contributed by atoms with Crippen LogP contribution < -0.4 is 16.0 Å². The second kappa shape index (κ2) is 5.88. The first kappa shape index (κ1) is 14.7. The first-order valence-corrected chi connectivity index (χ1v) is 6.82. The summed E-state index contributed by atoms with van der Waals surface area (Å²) < 4.78 is 13.0. The number of anilines is 2. The fourth-order valence-electron chi connectivity index (χ4n) is 2.23. The monoisotopic (exact) mass is 313 g/mol. The molecule has 1 aliphatic heterocycles. The average molecular weight is 313 g/mol. The highest BCUT2D eigenvalue weighted by Gasteiger charge is 2.26. The van der Waals surface area contributed by atoms with Gasteiger partial charge in [0.1, 0.15) is 5.82 Å². The summed E-state index contributed by atoms with van der Waals surface area (Å²) in [6, 6.07) is 10.2. The molecule has 3 rings (SSSR count). The van der Waals surface area contributed by atoms with Crippen molar-refractivity contribution in [3.63, 3.8) is 0 Å². The number of carbonyl (C=O) groups excluding carboxylic acids is 3. The molecule has 3 N–H and O–H groups in total. The van der Waals surface area contributed by atoms with Gasteiger partial charge in [-0.05, 0) is 36.4 Å². The minimum atomic E-state index is -0.487. The van der Waals surface area contributed by atoms with Gasteiger partial charge in [-0.3, -0.25) is 19.7 Å². The van der Waals surface area contributed by atoms with Crippen molar-refractivity contribution < 1.29 is 18.8 Å². The third kappa shape index (κ3) is 3.18. The van der Waals surface area contributed by atoms with Gasteiger partial charge in [0.25, 0.3) is 11.8 Å². The van der Waals surface area contributed by atoms with E-state index in [1.165, 1.54) is 36.4 Å². The molecule has 0 bridgehead atoms. The van der Waals surface area contributed by atoms with Crippen LogP contribution in [0.2, 0.25) is 0 Å². The lowest BCUT2D eigenvalue weighted by Crippen LogP contribution is -2.22. The van der Waals surface area contributed by atoms with Gasteiger partial charge in [0.2, 0.25) is 5.91 Å². The number of benzene rings is 2. The maximum absolute atomic E-state index is 13.0. The van der Waals surface area contributed by atoms with Crippen LogP contribution in [0.5, 0.6) is 0 Å². The van der Waals surface area contributed by atoms with E-state index in [9.17, 15) is 18.8 Å². The van der Waals surface area contributed by atoms with Crippen molar-refractivity contribution in [3.05, 3.63) is 59.4 Å². The molecule has 6 nitrogen and oxygen atoms in total. The van der Waals surface area contributed by atoms with Crippen molar-refractivity contribution in [1.82, 2.24) is 5.32 Å². The van der Waals surface area contributed by atoms with Crippen molar-refractivity contribution in [3.8, 4) is 0 Å². The normalized spacial score (nSPS) is 12.6. The van der Waals surface area contributed by atoms with Crippen LogP contribution in [0.1, 0.15) is 20.7 Å². The van der Waals surface area contributed by atoms with Gasteiger partial charge in [-0.25, -0.2) is 4.39 Å². The smallest absolute Gasteiger partial charge is 0.259 e. The Morgan fingerprint density at radius 1 is 1.00 bits per heavy atom. The molecule has 0 saturated carbocycles. The standard InChI is InChI=1S/C16H12FN3O3/c17-9-2-1-3-10(6-9)18-8-14(21)19-11-4-5-12-13(7-11)16(23)20-15(12)22/h1-7,18H,8H2,(H,19,21)(H,20,22,23). The Hall–Kier alpha value is -3.22. The number of nitrogens with one attached hydrogen (secondary N) is 3. The van der Waals surface area contributed by atoms with Crippen molar-refractivity contribution in [2.75, 3.05) is 17.2 Å². The van der Waals surface area contributed by atoms with Gasteiger partial charge in [-0.15, -0.1) is 0 Å². The highest BCUT2D eigenvalue weighted by atomic mass is 19.1. The average Bonchev–Trinajstić information content (AvgIpc) is 2.80. The van der Waals surface area contributed by atoms with E-state index in [-0.39, 0.29) is 23.6 Å². The quantitative estimate of drug-likeness (QED) is 0.751. The molecule has 0 aromatic heterocycles. The van der Waals surface area contributed by atoms with E-state index in [0.717, 1.165) is 0 Å². The Kier molecular flexibility index (Phi) is 3.76. The van der Waals surface area contributed by atoms with Crippen LogP contribution in [0.4, 0.5) is 15.8 Å². The Morgan fingerprint density at radius 2 is 1.78 bits per heavy atom. The summed E-state index contributed by atoms with van der Waals surface area (Å²) in [6.07, 6.45) is 0. The Bertz CT molecular complexity index is 820. The summed E-state index contributed by atoms with van der Waals surface area (Å²) in [5.41, 5.74) is 1.40. The number of fused-ring (bicyclic) bond motifs is 1. The lowest BCUT2D eigenvalue weighted by atomic mass is 10.1. The third-order valence-corrected chi connectivity index (χ3v) is 3.30. The van der Waals surface area contributed by atoms with E-state index in [4.69, 9.17) is 0 Å². The fourth-order valence-corrected chi connectivity index (χ4v) is 2.23. The van der Waals surface area contributed by atoms with Gasteiger partial charge >= 0.3 is 0 Å². The van der Waals surface area contributed by atoms with E-state index >= 15 is 0 Å². The Balaban J connectivity index is 1.63. The molecule has 116 valence electrons. The highest BCUT2D eigenvalue weighted by Crippen LogP contribution is 2.20. The third-order valence-electron chi connectivity index (χ3n) is 3.30. The molecule has 0 aliphatic carbocycles. The summed E-state index contributed by atoms with van der Waals surface area (Å²) in [6.45, 7) is -0.0638. The molecule has 0 radical (unpaired) electrons. The predicted molar refractivity (Wildman–Crippen MR) is 81.8 cm³/mol. The lowest BCUT2D eigenvalue weighted by Gasteiger charge is -2.08. The minimum Gasteiger partial charge on any atom is -0.376 e. The van der Waals surface area contributed by atoms with E-state index < -0.39 is 17.6 Å². The first-order chi connectivity index (χ1) is 11.0. The largest absolute Gasteiger partial charge is 0.376 e. The highest BCUT2D eigenvalue weighted by molar-refractivity contribution is 6.22. The summed E-state index contributed by atoms with van der Waals surface area (Å²) in [7, 11) is 0. The molecule has 0 saturated heterocycles.